The number of benzene rings is 1. The van der Waals surface area contributed by atoms with Crippen LogP contribution in [0.15, 0.2) is 24.3 Å². The van der Waals surface area contributed by atoms with Gasteiger partial charge in [-0.3, -0.25) is 14.4 Å². The molecule has 0 saturated carbocycles. The second-order valence-corrected chi connectivity index (χ2v) is 5.37. The van der Waals surface area contributed by atoms with Crippen molar-refractivity contribution < 1.29 is 23.9 Å². The van der Waals surface area contributed by atoms with E-state index in [-0.39, 0.29) is 19.7 Å². The lowest BCUT2D eigenvalue weighted by molar-refractivity contribution is -0.144. The van der Waals surface area contributed by atoms with Crippen molar-refractivity contribution in [1.82, 2.24) is 9.80 Å². The Kier molecular flexibility index (Phi) is 5.93. The molecule has 1 saturated heterocycles. The number of primary amides is 1. The van der Waals surface area contributed by atoms with E-state index in [9.17, 15) is 19.2 Å². The molecule has 0 spiro atoms. The Labute approximate surface area is 144 Å². The average molecular weight is 348 g/mol. The van der Waals surface area contributed by atoms with Gasteiger partial charge in [0.2, 0.25) is 5.91 Å². The van der Waals surface area contributed by atoms with Gasteiger partial charge in [-0.25, -0.2) is 4.79 Å². The molecule has 3 N–H and O–H groups in total. The van der Waals surface area contributed by atoms with Crippen LogP contribution < -0.4 is 11.1 Å². The maximum Gasteiger partial charge on any atom is 0.409 e. The normalized spacial score (nSPS) is 14.0. The Morgan fingerprint density at radius 3 is 2.12 bits per heavy atom. The van der Waals surface area contributed by atoms with Crippen LogP contribution in [0.4, 0.5) is 10.5 Å². The summed E-state index contributed by atoms with van der Waals surface area (Å²) in [6.07, 6.45) is -0.423. The van der Waals surface area contributed by atoms with Crippen molar-refractivity contribution >= 4 is 29.5 Å². The zero-order chi connectivity index (χ0) is 18.4. The number of ether oxygens (including phenoxy) is 1. The molecule has 134 valence electrons. The lowest BCUT2D eigenvalue weighted by atomic mass is 10.2. The van der Waals surface area contributed by atoms with Gasteiger partial charge in [0, 0.05) is 37.4 Å². The van der Waals surface area contributed by atoms with E-state index in [1.54, 1.807) is 6.92 Å². The monoisotopic (exact) mass is 348 g/mol. The number of carbonyl (C=O) groups excluding carboxylic acids is 4. The van der Waals surface area contributed by atoms with Crippen molar-refractivity contribution in [3.63, 3.8) is 0 Å². The summed E-state index contributed by atoms with van der Waals surface area (Å²) in [4.78, 5) is 49.7. The molecule has 0 unspecified atom stereocenters. The van der Waals surface area contributed by atoms with Gasteiger partial charge in [-0.2, -0.15) is 0 Å². The molecule has 0 atom stereocenters. The standard InChI is InChI=1S/C16H20N4O5/c1-2-25-16(24)20-9-7-19(8-10-20)15(23)14(22)18-12-5-3-11(4-6-12)13(17)21/h3-6H,2,7-10H2,1H3,(H2,17,21)(H,18,22). The molecule has 25 heavy (non-hydrogen) atoms. The van der Waals surface area contributed by atoms with Gasteiger partial charge in [0.1, 0.15) is 0 Å². The molecular formula is C16H20N4O5. The molecule has 2 rings (SSSR count). The van der Waals surface area contributed by atoms with Gasteiger partial charge in [-0.1, -0.05) is 0 Å². The number of piperazine rings is 1. The van der Waals surface area contributed by atoms with Gasteiger partial charge in [0.05, 0.1) is 6.61 Å². The van der Waals surface area contributed by atoms with Crippen molar-refractivity contribution in [3.8, 4) is 0 Å². The Balaban J connectivity index is 1.87. The van der Waals surface area contributed by atoms with Crippen LogP contribution in [-0.4, -0.2) is 66.4 Å². The van der Waals surface area contributed by atoms with Crippen molar-refractivity contribution in [2.75, 3.05) is 38.1 Å². The Morgan fingerprint density at radius 2 is 1.60 bits per heavy atom. The number of nitrogens with two attached hydrogens (primary N) is 1. The van der Waals surface area contributed by atoms with Crippen LogP contribution in [0.3, 0.4) is 0 Å². The van der Waals surface area contributed by atoms with Crippen LogP contribution in [0.2, 0.25) is 0 Å². The Bertz CT molecular complexity index is 666. The highest BCUT2D eigenvalue weighted by atomic mass is 16.6. The first kappa shape index (κ1) is 18.2. The zero-order valence-electron chi connectivity index (χ0n) is 13.9. The van der Waals surface area contributed by atoms with Crippen molar-refractivity contribution in [3.05, 3.63) is 29.8 Å². The minimum absolute atomic E-state index is 0.256. The number of amides is 4. The largest absolute Gasteiger partial charge is 0.450 e. The molecule has 0 aliphatic carbocycles. The average Bonchev–Trinajstić information content (AvgIpc) is 2.61. The first-order valence-electron chi connectivity index (χ1n) is 7.84. The summed E-state index contributed by atoms with van der Waals surface area (Å²) in [7, 11) is 0. The summed E-state index contributed by atoms with van der Waals surface area (Å²) >= 11 is 0. The molecule has 4 amide bonds. The summed E-state index contributed by atoms with van der Waals surface area (Å²) in [5.41, 5.74) is 5.83. The lowest BCUT2D eigenvalue weighted by Gasteiger charge is -2.33. The summed E-state index contributed by atoms with van der Waals surface area (Å²) in [5.74, 6) is -2.03. The fraction of sp³-hybridized carbons (Fsp3) is 0.375. The highest BCUT2D eigenvalue weighted by Gasteiger charge is 2.28. The van der Waals surface area contributed by atoms with Gasteiger partial charge >= 0.3 is 17.9 Å². The predicted molar refractivity (Wildman–Crippen MR) is 88.8 cm³/mol. The van der Waals surface area contributed by atoms with Crippen LogP contribution in [0.25, 0.3) is 0 Å². The van der Waals surface area contributed by atoms with E-state index < -0.39 is 23.8 Å². The SMILES string of the molecule is CCOC(=O)N1CCN(C(=O)C(=O)Nc2ccc(C(N)=O)cc2)CC1. The molecule has 1 aliphatic rings. The van der Waals surface area contributed by atoms with Crippen molar-refractivity contribution in [2.45, 2.75) is 6.92 Å². The topological polar surface area (TPSA) is 122 Å². The summed E-state index contributed by atoms with van der Waals surface area (Å²) in [5, 5.41) is 2.47. The maximum absolute atomic E-state index is 12.2. The molecule has 1 aliphatic heterocycles. The number of carbonyl (C=O) groups is 4. The van der Waals surface area contributed by atoms with E-state index in [0.29, 0.717) is 24.3 Å². The smallest absolute Gasteiger partial charge is 0.409 e. The molecular weight excluding hydrogens is 328 g/mol. The third-order valence-electron chi connectivity index (χ3n) is 3.71. The fourth-order valence-electron chi connectivity index (χ4n) is 2.35. The summed E-state index contributed by atoms with van der Waals surface area (Å²) < 4.78 is 4.90. The van der Waals surface area contributed by atoms with Gasteiger partial charge in [0.25, 0.3) is 0 Å². The number of nitrogens with one attached hydrogen (secondary N) is 1. The van der Waals surface area contributed by atoms with Crippen molar-refractivity contribution in [2.24, 2.45) is 5.73 Å². The van der Waals surface area contributed by atoms with E-state index in [0.717, 1.165) is 0 Å². The predicted octanol–water partition coefficient (Wildman–Crippen LogP) is 0.0247. The fourth-order valence-corrected chi connectivity index (χ4v) is 2.35. The molecule has 9 heteroatoms. The minimum Gasteiger partial charge on any atom is -0.450 e. The molecule has 0 aromatic heterocycles. The van der Waals surface area contributed by atoms with Gasteiger partial charge in [-0.15, -0.1) is 0 Å². The molecule has 1 aromatic carbocycles. The molecule has 0 bridgehead atoms. The minimum atomic E-state index is -0.781. The van der Waals surface area contributed by atoms with Gasteiger partial charge in [0.15, 0.2) is 0 Å². The van der Waals surface area contributed by atoms with E-state index in [1.165, 1.54) is 34.1 Å². The van der Waals surface area contributed by atoms with E-state index in [2.05, 4.69) is 5.32 Å². The third kappa shape index (κ3) is 4.69. The van der Waals surface area contributed by atoms with Crippen LogP contribution in [0, 0.1) is 0 Å². The Morgan fingerprint density at radius 1 is 1.04 bits per heavy atom. The van der Waals surface area contributed by atoms with Crippen LogP contribution >= 0.6 is 0 Å². The molecule has 1 fully saturated rings. The Hall–Kier alpha value is -3.10. The number of hydrogen-bond donors (Lipinski definition) is 2. The second-order valence-electron chi connectivity index (χ2n) is 5.37. The highest BCUT2D eigenvalue weighted by molar-refractivity contribution is 6.39. The molecule has 1 aromatic rings. The number of rotatable bonds is 3. The highest BCUT2D eigenvalue weighted by Crippen LogP contribution is 2.10. The van der Waals surface area contributed by atoms with Crippen molar-refractivity contribution in [1.29, 1.82) is 0 Å². The van der Waals surface area contributed by atoms with Crippen LogP contribution in [-0.2, 0) is 14.3 Å². The molecule has 9 nitrogen and oxygen atoms in total. The number of nitrogens with zero attached hydrogens (tertiary/aromatic N) is 2. The lowest BCUT2D eigenvalue weighted by Crippen LogP contribution is -2.53. The second kappa shape index (κ2) is 8.13. The van der Waals surface area contributed by atoms with E-state index in [4.69, 9.17) is 10.5 Å². The first-order chi connectivity index (χ1) is 11.9. The summed E-state index contributed by atoms with van der Waals surface area (Å²) in [6.45, 7) is 3.14. The van der Waals surface area contributed by atoms with E-state index in [1.807, 2.05) is 0 Å². The maximum atomic E-state index is 12.2. The van der Waals surface area contributed by atoms with Gasteiger partial charge < -0.3 is 25.6 Å². The first-order valence-corrected chi connectivity index (χ1v) is 7.84. The van der Waals surface area contributed by atoms with Crippen LogP contribution in [0.5, 0.6) is 0 Å². The van der Waals surface area contributed by atoms with Crippen LogP contribution in [0.1, 0.15) is 17.3 Å². The third-order valence-corrected chi connectivity index (χ3v) is 3.71. The quantitative estimate of drug-likeness (QED) is 0.746. The summed E-state index contributed by atoms with van der Waals surface area (Å²) in [6, 6.07) is 5.90. The van der Waals surface area contributed by atoms with E-state index >= 15 is 0 Å². The number of hydrogen-bond acceptors (Lipinski definition) is 5. The number of anilines is 1. The molecule has 1 heterocycles. The molecule has 0 radical (unpaired) electrons. The van der Waals surface area contributed by atoms with Gasteiger partial charge in [-0.05, 0) is 31.2 Å². The zero-order valence-corrected chi connectivity index (χ0v) is 13.9.